The van der Waals surface area contributed by atoms with Gasteiger partial charge in [-0.05, 0) is 36.8 Å². The molecule has 0 saturated heterocycles. The van der Waals surface area contributed by atoms with Crippen molar-refractivity contribution in [2.75, 3.05) is 5.32 Å². The van der Waals surface area contributed by atoms with Crippen LogP contribution in [-0.4, -0.2) is 27.0 Å². The summed E-state index contributed by atoms with van der Waals surface area (Å²) < 4.78 is 25.3. The molecule has 0 aliphatic rings. The second kappa shape index (κ2) is 8.76. The number of hydrogen-bond donors (Lipinski definition) is 3. The minimum Gasteiger partial charge on any atom is -0.478 e. The Morgan fingerprint density at radius 2 is 2.00 bits per heavy atom. The maximum Gasteiger partial charge on any atom is 0.337 e. The first-order chi connectivity index (χ1) is 15.4. The first kappa shape index (κ1) is 20.9. The van der Waals surface area contributed by atoms with Gasteiger partial charge in [-0.15, -0.1) is 0 Å². The van der Waals surface area contributed by atoms with Crippen molar-refractivity contribution in [3.63, 3.8) is 0 Å². The van der Waals surface area contributed by atoms with Gasteiger partial charge < -0.3 is 24.6 Å². The summed E-state index contributed by atoms with van der Waals surface area (Å²) in [5.74, 6) is -1.44. The maximum absolute atomic E-state index is 14.3. The molecule has 0 atom stereocenters. The Bertz CT molecular complexity index is 1290. The Hall–Kier alpha value is -4.40. The molecule has 0 aliphatic heterocycles. The minimum absolute atomic E-state index is 0.0595. The standard InChI is InChI=1S/C23H18FN3O5/c1-2-13-6-8-31-21(13)22(28)27-18-10-15(3-4-17(18)24)32-16-5-7-25-20(11-16)19-9-14(12-26-19)23(29)30/h3-12,26H,2H2,1H3,(H,27,28)(H,29,30). The molecule has 0 spiro atoms. The van der Waals surface area contributed by atoms with Crippen LogP contribution in [0, 0.1) is 5.82 Å². The van der Waals surface area contributed by atoms with Crippen molar-refractivity contribution in [2.24, 2.45) is 0 Å². The van der Waals surface area contributed by atoms with E-state index < -0.39 is 17.7 Å². The number of nitrogens with one attached hydrogen (secondary N) is 2. The first-order valence-corrected chi connectivity index (χ1v) is 9.68. The summed E-state index contributed by atoms with van der Waals surface area (Å²) in [4.78, 5) is 30.6. The highest BCUT2D eigenvalue weighted by atomic mass is 19.1. The molecule has 1 amide bonds. The molecule has 1 aromatic carbocycles. The molecule has 3 N–H and O–H groups in total. The number of aromatic nitrogens is 2. The van der Waals surface area contributed by atoms with E-state index >= 15 is 0 Å². The van der Waals surface area contributed by atoms with Crippen molar-refractivity contribution in [2.45, 2.75) is 13.3 Å². The number of nitrogens with zero attached hydrogens (tertiary/aromatic N) is 1. The largest absolute Gasteiger partial charge is 0.478 e. The molecule has 0 bridgehead atoms. The monoisotopic (exact) mass is 435 g/mol. The van der Waals surface area contributed by atoms with Gasteiger partial charge in [0.15, 0.2) is 5.76 Å². The van der Waals surface area contributed by atoms with Gasteiger partial charge in [0.25, 0.3) is 5.91 Å². The topological polar surface area (TPSA) is 117 Å². The van der Waals surface area contributed by atoms with Gasteiger partial charge in [0.1, 0.15) is 17.3 Å². The molecule has 0 aliphatic carbocycles. The van der Waals surface area contributed by atoms with E-state index in [4.69, 9.17) is 14.3 Å². The summed E-state index contributed by atoms with van der Waals surface area (Å²) in [7, 11) is 0. The van der Waals surface area contributed by atoms with Gasteiger partial charge in [-0.2, -0.15) is 0 Å². The third-order valence-corrected chi connectivity index (χ3v) is 4.69. The Morgan fingerprint density at radius 1 is 1.19 bits per heavy atom. The van der Waals surface area contributed by atoms with E-state index in [1.807, 2.05) is 6.92 Å². The number of aryl methyl sites for hydroxylation is 1. The van der Waals surface area contributed by atoms with Crippen LogP contribution in [0.5, 0.6) is 11.5 Å². The number of furan rings is 1. The number of pyridine rings is 1. The zero-order chi connectivity index (χ0) is 22.7. The Balaban J connectivity index is 1.54. The van der Waals surface area contributed by atoms with Gasteiger partial charge in [0.05, 0.1) is 28.9 Å². The third kappa shape index (κ3) is 4.36. The summed E-state index contributed by atoms with van der Waals surface area (Å²) in [6, 6.07) is 10.3. The average molecular weight is 435 g/mol. The highest BCUT2D eigenvalue weighted by Crippen LogP contribution is 2.29. The number of aromatic amines is 1. The Kier molecular flexibility index (Phi) is 5.71. The van der Waals surface area contributed by atoms with Gasteiger partial charge >= 0.3 is 5.97 Å². The number of H-pyrrole nitrogens is 1. The molecule has 4 rings (SSSR count). The summed E-state index contributed by atoms with van der Waals surface area (Å²) in [5, 5.41) is 11.6. The quantitative estimate of drug-likeness (QED) is 0.371. The normalized spacial score (nSPS) is 10.7. The number of carboxylic acids is 1. The van der Waals surface area contributed by atoms with E-state index in [1.165, 1.54) is 42.9 Å². The fraction of sp³-hybridized carbons (Fsp3) is 0.0870. The van der Waals surface area contributed by atoms with Crippen molar-refractivity contribution < 1.29 is 28.2 Å². The minimum atomic E-state index is -1.05. The molecule has 0 unspecified atom stereocenters. The number of anilines is 1. The number of carbonyl (C=O) groups excluding carboxylic acids is 1. The van der Waals surface area contributed by atoms with Crippen molar-refractivity contribution in [3.8, 4) is 22.9 Å². The molecular weight excluding hydrogens is 417 g/mol. The lowest BCUT2D eigenvalue weighted by molar-refractivity contribution is 0.0697. The van der Waals surface area contributed by atoms with Crippen LogP contribution in [0.15, 0.2) is 65.5 Å². The van der Waals surface area contributed by atoms with E-state index in [-0.39, 0.29) is 22.8 Å². The lowest BCUT2D eigenvalue weighted by Crippen LogP contribution is -2.13. The van der Waals surface area contributed by atoms with E-state index in [1.54, 1.807) is 18.2 Å². The van der Waals surface area contributed by atoms with Gasteiger partial charge in [-0.1, -0.05) is 6.92 Å². The van der Waals surface area contributed by atoms with Crippen LogP contribution in [0.4, 0.5) is 10.1 Å². The lowest BCUT2D eigenvalue weighted by atomic mass is 10.2. The predicted octanol–water partition coefficient (Wildman–Crippen LogP) is 5.11. The Morgan fingerprint density at radius 3 is 2.75 bits per heavy atom. The summed E-state index contributed by atoms with van der Waals surface area (Å²) in [6.45, 7) is 1.88. The molecule has 8 nitrogen and oxygen atoms in total. The van der Waals surface area contributed by atoms with Gasteiger partial charge in [0, 0.05) is 30.1 Å². The number of halogens is 1. The number of amides is 1. The first-order valence-electron chi connectivity index (χ1n) is 9.68. The van der Waals surface area contributed by atoms with Crippen molar-refractivity contribution in [1.82, 2.24) is 9.97 Å². The van der Waals surface area contributed by atoms with E-state index in [0.29, 0.717) is 23.6 Å². The maximum atomic E-state index is 14.3. The number of carboxylic acid groups (broad SMARTS) is 1. The van der Waals surface area contributed by atoms with Crippen molar-refractivity contribution in [1.29, 1.82) is 0 Å². The van der Waals surface area contributed by atoms with Crippen molar-refractivity contribution in [3.05, 3.63) is 83.8 Å². The van der Waals surface area contributed by atoms with Crippen LogP contribution in [0.3, 0.4) is 0 Å². The second-order valence-corrected chi connectivity index (χ2v) is 6.81. The van der Waals surface area contributed by atoms with E-state index in [9.17, 15) is 14.0 Å². The van der Waals surface area contributed by atoms with E-state index in [0.717, 1.165) is 5.56 Å². The molecule has 9 heteroatoms. The Labute approximate surface area is 181 Å². The number of ether oxygens (including phenoxy) is 1. The molecule has 0 saturated carbocycles. The van der Waals surface area contributed by atoms with Gasteiger partial charge in [-0.3, -0.25) is 9.78 Å². The van der Waals surface area contributed by atoms with Crippen LogP contribution >= 0.6 is 0 Å². The summed E-state index contributed by atoms with van der Waals surface area (Å²) in [6.07, 6.45) is 4.88. The third-order valence-electron chi connectivity index (χ3n) is 4.69. The number of benzene rings is 1. The smallest absolute Gasteiger partial charge is 0.337 e. The number of carbonyl (C=O) groups is 2. The molecular formula is C23H18FN3O5. The molecule has 4 aromatic rings. The zero-order valence-corrected chi connectivity index (χ0v) is 16.9. The molecule has 32 heavy (non-hydrogen) atoms. The SMILES string of the molecule is CCc1ccoc1C(=O)Nc1cc(Oc2ccnc(-c3cc(C(=O)O)c[nH]3)c2)ccc1F. The highest BCUT2D eigenvalue weighted by molar-refractivity contribution is 6.03. The van der Waals surface area contributed by atoms with Crippen LogP contribution in [0.25, 0.3) is 11.4 Å². The average Bonchev–Trinajstić information content (AvgIpc) is 3.46. The predicted molar refractivity (Wildman–Crippen MR) is 113 cm³/mol. The van der Waals surface area contributed by atoms with Crippen LogP contribution < -0.4 is 10.1 Å². The van der Waals surface area contributed by atoms with Gasteiger partial charge in [-0.25, -0.2) is 9.18 Å². The zero-order valence-electron chi connectivity index (χ0n) is 16.9. The fourth-order valence-electron chi connectivity index (χ4n) is 3.08. The number of aromatic carboxylic acids is 1. The summed E-state index contributed by atoms with van der Waals surface area (Å²) >= 11 is 0. The van der Waals surface area contributed by atoms with Gasteiger partial charge in [0.2, 0.25) is 0 Å². The summed E-state index contributed by atoms with van der Waals surface area (Å²) in [5.41, 5.74) is 1.74. The molecule has 0 fully saturated rings. The molecule has 3 heterocycles. The molecule has 3 aromatic heterocycles. The number of hydrogen-bond acceptors (Lipinski definition) is 5. The fourth-order valence-corrected chi connectivity index (χ4v) is 3.08. The number of rotatable bonds is 7. The molecule has 162 valence electrons. The van der Waals surface area contributed by atoms with Crippen LogP contribution in [0.1, 0.15) is 33.4 Å². The second-order valence-electron chi connectivity index (χ2n) is 6.81. The molecule has 0 radical (unpaired) electrons. The lowest BCUT2D eigenvalue weighted by Gasteiger charge is -2.10. The van der Waals surface area contributed by atoms with E-state index in [2.05, 4.69) is 15.3 Å². The van der Waals surface area contributed by atoms with Crippen LogP contribution in [0.2, 0.25) is 0 Å². The van der Waals surface area contributed by atoms with Crippen LogP contribution in [-0.2, 0) is 6.42 Å². The highest BCUT2D eigenvalue weighted by Gasteiger charge is 2.17. The van der Waals surface area contributed by atoms with Crippen molar-refractivity contribution >= 4 is 17.6 Å².